The summed E-state index contributed by atoms with van der Waals surface area (Å²) in [6.07, 6.45) is -0.248. The third kappa shape index (κ3) is 2.09. The smallest absolute Gasteiger partial charge is 0.449 e. The average Bonchev–Trinajstić information content (AvgIpc) is 1.85. The second-order valence-electron chi connectivity index (χ2n) is 1.68. The highest BCUT2D eigenvalue weighted by Gasteiger charge is 2.00. The molecule has 0 atom stereocenters. The number of hydrogen-bond acceptors (Lipinski definition) is 5. The zero-order chi connectivity index (χ0) is 8.27. The van der Waals surface area contributed by atoms with Crippen molar-refractivity contribution in [3.8, 4) is 5.75 Å². The van der Waals surface area contributed by atoms with Crippen LogP contribution >= 0.6 is 0 Å². The molecule has 0 bridgehead atoms. The van der Waals surface area contributed by atoms with Gasteiger partial charge in [-0.2, -0.15) is 5.10 Å². The lowest BCUT2D eigenvalue weighted by molar-refractivity contribution is 0.144. The molecule has 11 heavy (non-hydrogen) atoms. The molecule has 0 amide bonds. The van der Waals surface area contributed by atoms with Crippen LogP contribution < -0.4 is 10.5 Å². The Hall–Kier alpha value is -1.85. The van der Waals surface area contributed by atoms with Crippen LogP contribution in [0.1, 0.15) is 0 Å². The molecule has 0 saturated carbocycles. The van der Waals surface area contributed by atoms with Gasteiger partial charge in [0.05, 0.1) is 6.20 Å². The summed E-state index contributed by atoms with van der Waals surface area (Å²) >= 11 is 0. The summed E-state index contributed by atoms with van der Waals surface area (Å²) in [4.78, 5) is 9.97. The number of nitrogens with two attached hydrogens (primary N) is 1. The number of hydrogen-bond donors (Lipinski definition) is 2. The summed E-state index contributed by atoms with van der Waals surface area (Å²) < 4.78 is 4.23. The number of rotatable bonds is 1. The Morgan fingerprint density at radius 2 is 2.45 bits per heavy atom. The van der Waals surface area contributed by atoms with E-state index in [1.54, 1.807) is 0 Å². The normalized spacial score (nSPS) is 9.09. The molecular formula is C5H5N3O3. The molecule has 3 N–H and O–H groups in total. The number of nitrogen functional groups attached to an aromatic ring is 1. The van der Waals surface area contributed by atoms with Crippen LogP contribution in [0.25, 0.3) is 0 Å². The minimum Gasteiger partial charge on any atom is -0.449 e. The lowest BCUT2D eigenvalue weighted by Gasteiger charge is -1.97. The van der Waals surface area contributed by atoms with Crippen LogP contribution in [0.3, 0.4) is 0 Å². The van der Waals surface area contributed by atoms with Crippen LogP contribution in [0, 0.1) is 0 Å². The number of anilines is 1. The summed E-state index contributed by atoms with van der Waals surface area (Å²) in [5.74, 6) is 0.175. The molecule has 0 fully saturated rings. The molecule has 1 aromatic rings. The minimum atomic E-state index is -1.41. The van der Waals surface area contributed by atoms with Crippen molar-refractivity contribution in [3.63, 3.8) is 0 Å². The van der Waals surface area contributed by atoms with Gasteiger partial charge in [-0.15, -0.1) is 5.10 Å². The summed E-state index contributed by atoms with van der Waals surface area (Å²) in [5, 5.41) is 14.9. The van der Waals surface area contributed by atoms with Crippen LogP contribution in [0.5, 0.6) is 5.75 Å². The Kier molecular flexibility index (Phi) is 1.86. The van der Waals surface area contributed by atoms with Crippen molar-refractivity contribution in [2.75, 3.05) is 5.73 Å². The van der Waals surface area contributed by atoms with E-state index >= 15 is 0 Å². The fourth-order valence-corrected chi connectivity index (χ4v) is 0.521. The summed E-state index contributed by atoms with van der Waals surface area (Å²) in [6.45, 7) is 0. The highest BCUT2D eigenvalue weighted by molar-refractivity contribution is 5.61. The average molecular weight is 155 g/mol. The second kappa shape index (κ2) is 2.82. The molecular weight excluding hydrogens is 150 g/mol. The molecule has 0 unspecified atom stereocenters. The van der Waals surface area contributed by atoms with E-state index in [4.69, 9.17) is 10.8 Å². The Balaban J connectivity index is 2.79. The van der Waals surface area contributed by atoms with Crippen LogP contribution in [-0.4, -0.2) is 21.5 Å². The maximum Gasteiger partial charge on any atom is 0.511 e. The number of aromatic nitrogens is 2. The van der Waals surface area contributed by atoms with Crippen molar-refractivity contribution in [2.45, 2.75) is 0 Å². The Morgan fingerprint density at radius 1 is 1.73 bits per heavy atom. The van der Waals surface area contributed by atoms with E-state index in [0.29, 0.717) is 0 Å². The topological polar surface area (TPSA) is 98.3 Å². The van der Waals surface area contributed by atoms with Crippen molar-refractivity contribution < 1.29 is 14.6 Å². The van der Waals surface area contributed by atoms with Crippen molar-refractivity contribution >= 4 is 12.0 Å². The van der Waals surface area contributed by atoms with Gasteiger partial charge < -0.3 is 15.6 Å². The van der Waals surface area contributed by atoms with Gasteiger partial charge in [-0.05, 0) is 0 Å². The molecule has 0 saturated heterocycles. The van der Waals surface area contributed by atoms with Crippen molar-refractivity contribution in [2.24, 2.45) is 0 Å². The van der Waals surface area contributed by atoms with E-state index in [2.05, 4.69) is 14.9 Å². The van der Waals surface area contributed by atoms with E-state index in [0.717, 1.165) is 6.20 Å². The first kappa shape index (κ1) is 7.26. The van der Waals surface area contributed by atoms with E-state index in [-0.39, 0.29) is 11.6 Å². The monoisotopic (exact) mass is 155 g/mol. The van der Waals surface area contributed by atoms with Crippen LogP contribution in [0.2, 0.25) is 0 Å². The van der Waals surface area contributed by atoms with Gasteiger partial charge in [-0.1, -0.05) is 0 Å². The molecule has 0 aromatic carbocycles. The fraction of sp³-hybridized carbons (Fsp3) is 0. The minimum absolute atomic E-state index is 0.0602. The molecule has 1 rings (SSSR count). The van der Waals surface area contributed by atoms with E-state index in [9.17, 15) is 4.79 Å². The van der Waals surface area contributed by atoms with Crippen molar-refractivity contribution in [1.82, 2.24) is 10.2 Å². The van der Waals surface area contributed by atoms with Gasteiger partial charge in [-0.25, -0.2) is 4.79 Å². The zero-order valence-electron chi connectivity index (χ0n) is 5.39. The van der Waals surface area contributed by atoms with Crippen LogP contribution in [0.4, 0.5) is 10.6 Å². The van der Waals surface area contributed by atoms with Gasteiger partial charge >= 0.3 is 6.16 Å². The SMILES string of the molecule is Nc1cc(OC(=O)O)cnn1. The quantitative estimate of drug-likeness (QED) is 0.558. The number of carbonyl (C=O) groups is 1. The number of ether oxygens (including phenoxy) is 1. The first-order valence-electron chi connectivity index (χ1n) is 2.67. The molecule has 0 aliphatic carbocycles. The summed E-state index contributed by atoms with van der Waals surface area (Å²) in [7, 11) is 0. The second-order valence-corrected chi connectivity index (χ2v) is 1.68. The highest BCUT2D eigenvalue weighted by Crippen LogP contribution is 2.09. The van der Waals surface area contributed by atoms with E-state index < -0.39 is 6.16 Å². The van der Waals surface area contributed by atoms with Gasteiger partial charge in [0.15, 0.2) is 5.75 Å². The van der Waals surface area contributed by atoms with Gasteiger partial charge in [0.2, 0.25) is 0 Å². The van der Waals surface area contributed by atoms with Gasteiger partial charge in [0, 0.05) is 6.07 Å². The lowest BCUT2D eigenvalue weighted by atomic mass is 10.5. The molecule has 58 valence electrons. The third-order valence-electron chi connectivity index (χ3n) is 0.853. The first-order chi connectivity index (χ1) is 5.18. The molecule has 1 aromatic heterocycles. The Morgan fingerprint density at radius 3 is 3.00 bits per heavy atom. The third-order valence-corrected chi connectivity index (χ3v) is 0.853. The fourth-order valence-electron chi connectivity index (χ4n) is 0.521. The van der Waals surface area contributed by atoms with E-state index in [1.165, 1.54) is 6.07 Å². The summed E-state index contributed by atoms with van der Waals surface area (Å²) in [5.41, 5.74) is 5.19. The first-order valence-corrected chi connectivity index (χ1v) is 2.67. The van der Waals surface area contributed by atoms with Gasteiger partial charge in [0.25, 0.3) is 0 Å². The van der Waals surface area contributed by atoms with Gasteiger partial charge in [-0.3, -0.25) is 0 Å². The molecule has 1 heterocycles. The molecule has 6 heteroatoms. The van der Waals surface area contributed by atoms with Crippen LogP contribution in [0.15, 0.2) is 12.3 Å². The van der Waals surface area contributed by atoms with Crippen molar-refractivity contribution in [3.05, 3.63) is 12.3 Å². The standard InChI is InChI=1S/C5H5N3O3/c6-4-1-3(2-7-8-4)11-5(9)10/h1-2H,(H2,6,8)(H,9,10). The zero-order valence-corrected chi connectivity index (χ0v) is 5.39. The molecule has 6 nitrogen and oxygen atoms in total. The molecule has 0 aliphatic rings. The highest BCUT2D eigenvalue weighted by atomic mass is 16.7. The summed E-state index contributed by atoms with van der Waals surface area (Å²) in [6, 6.07) is 1.26. The number of carboxylic acid groups (broad SMARTS) is 1. The maximum absolute atomic E-state index is 9.97. The maximum atomic E-state index is 9.97. The predicted molar refractivity (Wildman–Crippen MR) is 35.1 cm³/mol. The Labute approximate surface area is 61.6 Å². The van der Waals surface area contributed by atoms with Crippen LogP contribution in [-0.2, 0) is 0 Å². The van der Waals surface area contributed by atoms with Gasteiger partial charge in [0.1, 0.15) is 5.82 Å². The molecule has 0 radical (unpaired) electrons. The number of nitrogens with zero attached hydrogens (tertiary/aromatic N) is 2. The van der Waals surface area contributed by atoms with Crippen molar-refractivity contribution in [1.29, 1.82) is 0 Å². The largest absolute Gasteiger partial charge is 0.511 e. The molecule has 0 aliphatic heterocycles. The lowest BCUT2D eigenvalue weighted by Crippen LogP contribution is -2.04. The van der Waals surface area contributed by atoms with E-state index in [1.807, 2.05) is 0 Å². The predicted octanol–water partition coefficient (Wildman–Crippen LogP) is 0.116. The molecule has 0 spiro atoms. The Bertz CT molecular complexity index is 275.